The van der Waals surface area contributed by atoms with Crippen molar-refractivity contribution in [1.82, 2.24) is 10.2 Å². The van der Waals surface area contributed by atoms with Crippen LogP contribution < -0.4 is 5.32 Å². The summed E-state index contributed by atoms with van der Waals surface area (Å²) in [5.74, 6) is 0.214. The Labute approximate surface area is 98.3 Å². The van der Waals surface area contributed by atoms with Gasteiger partial charge in [0.2, 0.25) is 5.91 Å². The summed E-state index contributed by atoms with van der Waals surface area (Å²) in [5.41, 5.74) is -0.388. The van der Waals surface area contributed by atoms with E-state index in [9.17, 15) is 4.79 Å². The number of carbonyl (C=O) groups excluding carboxylic acids is 1. The summed E-state index contributed by atoms with van der Waals surface area (Å²) in [4.78, 5) is 14.2. The zero-order valence-corrected chi connectivity index (χ0v) is 11.0. The van der Waals surface area contributed by atoms with Crippen molar-refractivity contribution in [2.24, 2.45) is 0 Å². The summed E-state index contributed by atoms with van der Waals surface area (Å²) in [6.45, 7) is 8.84. The van der Waals surface area contributed by atoms with E-state index in [1.165, 1.54) is 0 Å². The molecule has 1 aliphatic heterocycles. The third-order valence-electron chi connectivity index (χ3n) is 3.57. The molecule has 1 N–H and O–H groups in total. The molecule has 1 saturated heterocycles. The van der Waals surface area contributed by atoms with Crippen LogP contribution in [0, 0.1) is 0 Å². The number of nitrogens with zero attached hydrogens (tertiary/aromatic N) is 1. The maximum atomic E-state index is 12.3. The molecule has 0 aromatic rings. The zero-order chi connectivity index (χ0) is 12.3. The van der Waals surface area contributed by atoms with E-state index >= 15 is 0 Å². The standard InChI is InChI=1S/C12H24N2O2/c1-6-12(4)11(15)14(10(3)13-12)9(2)7-8-16-5/h9-10,13H,6-8H2,1-5H3. The van der Waals surface area contributed by atoms with E-state index in [2.05, 4.69) is 12.2 Å². The van der Waals surface area contributed by atoms with E-state index in [1.54, 1.807) is 7.11 Å². The Morgan fingerprint density at radius 1 is 1.62 bits per heavy atom. The molecule has 16 heavy (non-hydrogen) atoms. The Balaban J connectivity index is 2.70. The van der Waals surface area contributed by atoms with Gasteiger partial charge in [-0.15, -0.1) is 0 Å². The molecule has 1 aliphatic rings. The van der Waals surface area contributed by atoms with E-state index < -0.39 is 0 Å². The lowest BCUT2D eigenvalue weighted by atomic mass is 9.99. The van der Waals surface area contributed by atoms with Crippen LogP contribution in [0.15, 0.2) is 0 Å². The maximum Gasteiger partial charge on any atom is 0.244 e. The van der Waals surface area contributed by atoms with Gasteiger partial charge in [-0.25, -0.2) is 0 Å². The third-order valence-corrected chi connectivity index (χ3v) is 3.57. The van der Waals surface area contributed by atoms with Crippen LogP contribution in [0.25, 0.3) is 0 Å². The van der Waals surface area contributed by atoms with Crippen molar-refractivity contribution in [3.63, 3.8) is 0 Å². The largest absolute Gasteiger partial charge is 0.385 e. The molecule has 0 spiro atoms. The normalized spacial score (nSPS) is 32.2. The first kappa shape index (κ1) is 13.5. The second-order valence-corrected chi connectivity index (χ2v) is 4.85. The number of rotatable bonds is 5. The average Bonchev–Trinajstić information content (AvgIpc) is 2.47. The van der Waals surface area contributed by atoms with Crippen LogP contribution in [0.2, 0.25) is 0 Å². The summed E-state index contributed by atoms with van der Waals surface area (Å²) in [6.07, 6.45) is 1.82. The van der Waals surface area contributed by atoms with Crippen LogP contribution in [0.3, 0.4) is 0 Å². The Kier molecular flexibility index (Phi) is 4.33. The van der Waals surface area contributed by atoms with Gasteiger partial charge in [-0.3, -0.25) is 10.1 Å². The molecule has 0 aromatic heterocycles. The summed E-state index contributed by atoms with van der Waals surface area (Å²) in [6, 6.07) is 0.225. The molecule has 94 valence electrons. The number of hydrogen-bond acceptors (Lipinski definition) is 3. The van der Waals surface area contributed by atoms with Gasteiger partial charge in [-0.1, -0.05) is 6.92 Å². The van der Waals surface area contributed by atoms with Crippen LogP contribution >= 0.6 is 0 Å². The number of hydrogen-bond donors (Lipinski definition) is 1. The predicted molar refractivity (Wildman–Crippen MR) is 64.1 cm³/mol. The second kappa shape index (κ2) is 5.15. The maximum absolute atomic E-state index is 12.3. The highest BCUT2D eigenvalue weighted by atomic mass is 16.5. The van der Waals surface area contributed by atoms with Gasteiger partial charge >= 0.3 is 0 Å². The molecule has 4 heteroatoms. The molecule has 0 aromatic carbocycles. The van der Waals surface area contributed by atoms with Crippen molar-refractivity contribution in [2.75, 3.05) is 13.7 Å². The van der Waals surface area contributed by atoms with Crippen molar-refractivity contribution in [3.05, 3.63) is 0 Å². The van der Waals surface area contributed by atoms with Crippen LogP contribution in [-0.2, 0) is 9.53 Å². The second-order valence-electron chi connectivity index (χ2n) is 4.85. The van der Waals surface area contributed by atoms with Gasteiger partial charge in [-0.05, 0) is 33.6 Å². The highest BCUT2D eigenvalue weighted by molar-refractivity contribution is 5.88. The number of carbonyl (C=O) groups is 1. The third kappa shape index (κ3) is 2.38. The monoisotopic (exact) mass is 228 g/mol. The molecule has 0 bridgehead atoms. The van der Waals surface area contributed by atoms with Crippen molar-refractivity contribution < 1.29 is 9.53 Å². The van der Waals surface area contributed by atoms with E-state index in [4.69, 9.17) is 4.74 Å². The van der Waals surface area contributed by atoms with Crippen LogP contribution in [0.5, 0.6) is 0 Å². The lowest BCUT2D eigenvalue weighted by Crippen LogP contribution is -2.44. The average molecular weight is 228 g/mol. The highest BCUT2D eigenvalue weighted by Crippen LogP contribution is 2.26. The highest BCUT2D eigenvalue weighted by Gasteiger charge is 2.46. The molecular formula is C12H24N2O2. The number of amides is 1. The van der Waals surface area contributed by atoms with Gasteiger partial charge in [0.15, 0.2) is 0 Å². The van der Waals surface area contributed by atoms with E-state index in [1.807, 2.05) is 25.7 Å². The van der Waals surface area contributed by atoms with E-state index in [0.29, 0.717) is 6.61 Å². The quantitative estimate of drug-likeness (QED) is 0.772. The Morgan fingerprint density at radius 2 is 2.25 bits per heavy atom. The predicted octanol–water partition coefficient (Wildman–Crippen LogP) is 1.36. The molecule has 0 radical (unpaired) electrons. The molecule has 3 atom stereocenters. The summed E-state index contributed by atoms with van der Waals surface area (Å²) in [5, 5.41) is 3.37. The smallest absolute Gasteiger partial charge is 0.244 e. The summed E-state index contributed by atoms with van der Waals surface area (Å²) >= 11 is 0. The SMILES string of the molecule is CCC1(C)NC(C)N(C(C)CCOC)C1=O. The minimum Gasteiger partial charge on any atom is -0.385 e. The minimum atomic E-state index is -0.388. The topological polar surface area (TPSA) is 41.6 Å². The molecule has 1 amide bonds. The number of methoxy groups -OCH3 is 1. The lowest BCUT2D eigenvalue weighted by molar-refractivity contribution is -0.134. The van der Waals surface area contributed by atoms with Crippen molar-refractivity contribution in [2.45, 2.75) is 58.3 Å². The molecule has 1 fully saturated rings. The minimum absolute atomic E-state index is 0.115. The Hall–Kier alpha value is -0.610. The lowest BCUT2D eigenvalue weighted by Gasteiger charge is -2.28. The van der Waals surface area contributed by atoms with Crippen molar-refractivity contribution in [3.8, 4) is 0 Å². The number of nitrogens with one attached hydrogen (secondary N) is 1. The summed E-state index contributed by atoms with van der Waals surface area (Å²) < 4.78 is 5.06. The zero-order valence-electron chi connectivity index (χ0n) is 11.0. The van der Waals surface area contributed by atoms with Crippen LogP contribution in [0.1, 0.15) is 40.5 Å². The first-order valence-corrected chi connectivity index (χ1v) is 6.05. The van der Waals surface area contributed by atoms with Crippen LogP contribution in [0.4, 0.5) is 0 Å². The molecule has 1 rings (SSSR count). The van der Waals surface area contributed by atoms with Crippen molar-refractivity contribution in [1.29, 1.82) is 0 Å². The van der Waals surface area contributed by atoms with E-state index in [0.717, 1.165) is 12.8 Å². The Bertz CT molecular complexity index is 257. The fourth-order valence-electron chi connectivity index (χ4n) is 2.32. The number of ether oxygens (including phenoxy) is 1. The van der Waals surface area contributed by atoms with Gasteiger partial charge in [-0.2, -0.15) is 0 Å². The Morgan fingerprint density at radius 3 is 2.69 bits per heavy atom. The van der Waals surface area contributed by atoms with Gasteiger partial charge in [0.05, 0.1) is 11.7 Å². The van der Waals surface area contributed by atoms with E-state index in [-0.39, 0.29) is 23.7 Å². The molecule has 0 aliphatic carbocycles. The molecule has 4 nitrogen and oxygen atoms in total. The van der Waals surface area contributed by atoms with Gasteiger partial charge in [0.1, 0.15) is 0 Å². The molecule has 1 heterocycles. The van der Waals surface area contributed by atoms with Gasteiger partial charge in [0, 0.05) is 19.8 Å². The van der Waals surface area contributed by atoms with Crippen molar-refractivity contribution >= 4 is 5.91 Å². The molecular weight excluding hydrogens is 204 g/mol. The molecule has 0 saturated carbocycles. The molecule has 3 unspecified atom stereocenters. The first-order chi connectivity index (χ1) is 7.46. The van der Waals surface area contributed by atoms with Crippen LogP contribution in [-0.4, -0.2) is 42.3 Å². The summed E-state index contributed by atoms with van der Waals surface area (Å²) in [7, 11) is 1.69. The van der Waals surface area contributed by atoms with Gasteiger partial charge in [0.25, 0.3) is 0 Å². The fraction of sp³-hybridized carbons (Fsp3) is 0.917. The first-order valence-electron chi connectivity index (χ1n) is 6.05. The fourth-order valence-corrected chi connectivity index (χ4v) is 2.32. The van der Waals surface area contributed by atoms with Gasteiger partial charge < -0.3 is 9.64 Å².